The largest absolute Gasteiger partial charge is 0.489 e. The maximum Gasteiger partial charge on any atom is 0.120 e. The number of benzene rings is 2. The zero-order chi connectivity index (χ0) is 16.2. The molecule has 1 saturated heterocycles. The van der Waals surface area contributed by atoms with Gasteiger partial charge in [-0.3, -0.25) is 0 Å². The van der Waals surface area contributed by atoms with Crippen LogP contribution in [0.5, 0.6) is 5.75 Å². The lowest BCUT2D eigenvalue weighted by molar-refractivity contribution is 0.306. The predicted molar refractivity (Wildman–Crippen MR) is 99.7 cm³/mol. The van der Waals surface area contributed by atoms with Crippen LogP contribution in [0.4, 0.5) is 0 Å². The molecule has 0 radical (unpaired) electrons. The highest BCUT2D eigenvalue weighted by Gasteiger charge is 2.16. The van der Waals surface area contributed by atoms with Crippen LogP contribution in [-0.4, -0.2) is 23.0 Å². The molecule has 1 fully saturated rings. The van der Waals surface area contributed by atoms with Crippen LogP contribution in [-0.2, 0) is 6.61 Å². The summed E-state index contributed by atoms with van der Waals surface area (Å²) in [7, 11) is 0. The van der Waals surface area contributed by atoms with Gasteiger partial charge in [0.2, 0.25) is 0 Å². The van der Waals surface area contributed by atoms with E-state index in [4.69, 9.17) is 40.2 Å². The molecule has 0 N–H and O–H groups in total. The Morgan fingerprint density at radius 1 is 1.04 bits per heavy atom. The Hall–Kier alpha value is -1.29. The molecule has 120 valence electrons. The maximum atomic E-state index is 6.02. The second-order valence-electron chi connectivity index (χ2n) is 5.56. The molecule has 1 heterocycles. The average molecular weight is 366 g/mol. The van der Waals surface area contributed by atoms with Gasteiger partial charge in [0.25, 0.3) is 0 Å². The summed E-state index contributed by atoms with van der Waals surface area (Å²) in [6.45, 7) is 2.54. The van der Waals surface area contributed by atoms with Crippen LogP contribution in [0.25, 0.3) is 0 Å². The van der Waals surface area contributed by atoms with Crippen molar-refractivity contribution in [2.24, 2.45) is 0 Å². The number of hydrogen-bond acceptors (Lipinski definition) is 2. The van der Waals surface area contributed by atoms with Gasteiger partial charge in [-0.15, -0.1) is 0 Å². The highest BCUT2D eigenvalue weighted by Crippen LogP contribution is 2.24. The molecule has 0 spiro atoms. The van der Waals surface area contributed by atoms with E-state index in [1.807, 2.05) is 36.4 Å². The Morgan fingerprint density at radius 2 is 1.83 bits per heavy atom. The standard InChI is InChI=1S/C18H17Cl2NOS/c19-16-7-6-13(10-17(16)20)12-22-15-5-3-4-14(11-15)18(23)21-8-1-2-9-21/h3-7,10-11H,1-2,8-9,12H2. The Balaban J connectivity index is 1.67. The molecule has 2 aromatic rings. The smallest absolute Gasteiger partial charge is 0.120 e. The first kappa shape index (κ1) is 16.6. The van der Waals surface area contributed by atoms with E-state index in [-0.39, 0.29) is 0 Å². The molecule has 0 aromatic heterocycles. The zero-order valence-electron chi connectivity index (χ0n) is 12.6. The first-order valence-corrected chi connectivity index (χ1v) is 8.76. The lowest BCUT2D eigenvalue weighted by atomic mass is 10.2. The highest BCUT2D eigenvalue weighted by molar-refractivity contribution is 7.80. The minimum Gasteiger partial charge on any atom is -0.489 e. The van der Waals surface area contributed by atoms with Gasteiger partial charge in [0.15, 0.2) is 0 Å². The number of thiocarbonyl (C=S) groups is 1. The third kappa shape index (κ3) is 4.17. The van der Waals surface area contributed by atoms with Crippen molar-refractivity contribution in [3.63, 3.8) is 0 Å². The Bertz CT molecular complexity index is 714. The number of ether oxygens (including phenoxy) is 1. The third-order valence-electron chi connectivity index (χ3n) is 3.86. The summed E-state index contributed by atoms with van der Waals surface area (Å²) < 4.78 is 5.86. The van der Waals surface area contributed by atoms with Crippen molar-refractivity contribution in [3.05, 3.63) is 63.6 Å². The molecule has 0 atom stereocenters. The summed E-state index contributed by atoms with van der Waals surface area (Å²) in [6, 6.07) is 13.5. The van der Waals surface area contributed by atoms with Gasteiger partial charge >= 0.3 is 0 Å². The van der Waals surface area contributed by atoms with Gasteiger partial charge in [-0.25, -0.2) is 0 Å². The zero-order valence-corrected chi connectivity index (χ0v) is 14.9. The van der Waals surface area contributed by atoms with E-state index < -0.39 is 0 Å². The van der Waals surface area contributed by atoms with E-state index in [9.17, 15) is 0 Å². The fourth-order valence-electron chi connectivity index (χ4n) is 2.62. The summed E-state index contributed by atoms with van der Waals surface area (Å²) in [4.78, 5) is 3.16. The van der Waals surface area contributed by atoms with Gasteiger partial charge < -0.3 is 9.64 Å². The van der Waals surface area contributed by atoms with Crippen molar-refractivity contribution in [2.75, 3.05) is 13.1 Å². The molecule has 1 aliphatic heterocycles. The molecule has 5 heteroatoms. The molecule has 0 saturated carbocycles. The summed E-state index contributed by atoms with van der Waals surface area (Å²) in [5.41, 5.74) is 2.01. The molecule has 2 aromatic carbocycles. The number of nitrogens with zero attached hydrogens (tertiary/aromatic N) is 1. The van der Waals surface area contributed by atoms with Gasteiger partial charge in [0, 0.05) is 18.7 Å². The Morgan fingerprint density at radius 3 is 2.57 bits per heavy atom. The monoisotopic (exact) mass is 365 g/mol. The fraction of sp³-hybridized carbons (Fsp3) is 0.278. The number of likely N-dealkylation sites (tertiary alicyclic amines) is 1. The van der Waals surface area contributed by atoms with Gasteiger partial charge in [-0.2, -0.15) is 0 Å². The van der Waals surface area contributed by atoms with Gasteiger partial charge in [-0.1, -0.05) is 53.6 Å². The van der Waals surface area contributed by atoms with Crippen LogP contribution in [0, 0.1) is 0 Å². The molecule has 0 amide bonds. The van der Waals surface area contributed by atoms with Crippen LogP contribution in [0.2, 0.25) is 10.0 Å². The maximum absolute atomic E-state index is 6.02. The minimum absolute atomic E-state index is 0.441. The quantitative estimate of drug-likeness (QED) is 0.678. The van der Waals surface area contributed by atoms with E-state index in [2.05, 4.69) is 4.90 Å². The van der Waals surface area contributed by atoms with E-state index in [0.717, 1.165) is 35.0 Å². The molecule has 2 nitrogen and oxygen atoms in total. The topological polar surface area (TPSA) is 12.5 Å². The van der Waals surface area contributed by atoms with E-state index in [1.165, 1.54) is 12.8 Å². The molecule has 23 heavy (non-hydrogen) atoms. The molecule has 3 rings (SSSR count). The molecular weight excluding hydrogens is 349 g/mol. The van der Waals surface area contributed by atoms with Gasteiger partial charge in [0.05, 0.1) is 10.0 Å². The number of rotatable bonds is 4. The lowest BCUT2D eigenvalue weighted by Crippen LogP contribution is -2.26. The SMILES string of the molecule is S=C(c1cccc(OCc2ccc(Cl)c(Cl)c2)c1)N1CCCC1. The van der Waals surface area contributed by atoms with Crippen molar-refractivity contribution < 1.29 is 4.74 Å². The van der Waals surface area contributed by atoms with Crippen LogP contribution in [0.3, 0.4) is 0 Å². The molecule has 0 aliphatic carbocycles. The number of halogens is 2. The molecule has 0 bridgehead atoms. The summed E-state index contributed by atoms with van der Waals surface area (Å²) in [6.07, 6.45) is 2.43. The molecular formula is C18H17Cl2NOS. The predicted octanol–water partition coefficient (Wildman–Crippen LogP) is 5.34. The Kier molecular flexibility index (Phi) is 5.42. The first-order valence-electron chi connectivity index (χ1n) is 7.59. The fourth-order valence-corrected chi connectivity index (χ4v) is 3.25. The van der Waals surface area contributed by atoms with Crippen molar-refractivity contribution >= 4 is 40.4 Å². The van der Waals surface area contributed by atoms with Gasteiger partial charge in [0.1, 0.15) is 17.3 Å². The van der Waals surface area contributed by atoms with E-state index in [0.29, 0.717) is 16.7 Å². The van der Waals surface area contributed by atoms with Crippen LogP contribution in [0.15, 0.2) is 42.5 Å². The van der Waals surface area contributed by atoms with E-state index in [1.54, 1.807) is 6.07 Å². The van der Waals surface area contributed by atoms with Gasteiger partial charge in [-0.05, 0) is 42.7 Å². The normalized spacial score (nSPS) is 14.1. The average Bonchev–Trinajstić information content (AvgIpc) is 3.10. The van der Waals surface area contributed by atoms with E-state index >= 15 is 0 Å². The Labute approximate surface area is 152 Å². The first-order chi connectivity index (χ1) is 11.1. The second kappa shape index (κ2) is 7.52. The minimum atomic E-state index is 0.441. The summed E-state index contributed by atoms with van der Waals surface area (Å²) in [5, 5.41) is 1.09. The second-order valence-corrected chi connectivity index (χ2v) is 6.77. The van der Waals surface area contributed by atoms with Crippen molar-refractivity contribution in [1.82, 2.24) is 4.90 Å². The highest BCUT2D eigenvalue weighted by atomic mass is 35.5. The molecule has 1 aliphatic rings. The van der Waals surface area contributed by atoms with Crippen LogP contribution >= 0.6 is 35.4 Å². The van der Waals surface area contributed by atoms with Crippen molar-refractivity contribution in [3.8, 4) is 5.75 Å². The third-order valence-corrected chi connectivity index (χ3v) is 5.10. The van der Waals surface area contributed by atoms with Crippen molar-refractivity contribution in [2.45, 2.75) is 19.4 Å². The van der Waals surface area contributed by atoms with Crippen LogP contribution < -0.4 is 4.74 Å². The molecule has 0 unspecified atom stereocenters. The number of hydrogen-bond donors (Lipinski definition) is 0. The lowest BCUT2D eigenvalue weighted by Gasteiger charge is -2.19. The van der Waals surface area contributed by atoms with Crippen molar-refractivity contribution in [1.29, 1.82) is 0 Å². The summed E-state index contributed by atoms with van der Waals surface area (Å²) >= 11 is 17.5. The van der Waals surface area contributed by atoms with Crippen LogP contribution in [0.1, 0.15) is 24.0 Å². The summed E-state index contributed by atoms with van der Waals surface area (Å²) in [5.74, 6) is 0.801.